The van der Waals surface area contributed by atoms with Crippen molar-refractivity contribution < 1.29 is 8.42 Å². The zero-order valence-corrected chi connectivity index (χ0v) is 12.8. The Bertz CT molecular complexity index is 467. The quantitative estimate of drug-likeness (QED) is 0.827. The van der Waals surface area contributed by atoms with Crippen LogP contribution in [0.3, 0.4) is 0 Å². The summed E-state index contributed by atoms with van der Waals surface area (Å²) >= 11 is 1.56. The number of thiazole rings is 1. The van der Waals surface area contributed by atoms with E-state index in [9.17, 15) is 8.42 Å². The van der Waals surface area contributed by atoms with Gasteiger partial charge in [-0.3, -0.25) is 0 Å². The van der Waals surface area contributed by atoms with Gasteiger partial charge in [-0.1, -0.05) is 6.92 Å². The van der Waals surface area contributed by atoms with Gasteiger partial charge in [0.1, 0.15) is 0 Å². The second kappa shape index (κ2) is 6.78. The zero-order valence-electron chi connectivity index (χ0n) is 11.1. The molecule has 1 aliphatic rings. The van der Waals surface area contributed by atoms with Crippen LogP contribution in [0.2, 0.25) is 0 Å². The van der Waals surface area contributed by atoms with E-state index in [2.05, 4.69) is 15.0 Å². The summed E-state index contributed by atoms with van der Waals surface area (Å²) in [7, 11) is -3.17. The van der Waals surface area contributed by atoms with Crippen molar-refractivity contribution >= 4 is 21.4 Å². The first-order valence-electron chi connectivity index (χ1n) is 6.64. The number of hydrogen-bond acceptors (Lipinski definition) is 5. The molecule has 1 fully saturated rings. The molecule has 108 valence electrons. The molecule has 1 saturated heterocycles. The lowest BCUT2D eigenvalue weighted by Crippen LogP contribution is -2.36. The Balaban J connectivity index is 1.80. The van der Waals surface area contributed by atoms with Gasteiger partial charge < -0.3 is 5.32 Å². The molecule has 0 bridgehead atoms. The standard InChI is InChI=1S/C12H21N3O2S2/c1-10(12-14-6-7-18-12)8-15-19(16,17)9-11-2-4-13-5-3-11/h6-7,10-11,13,15H,2-5,8-9H2,1H3. The van der Waals surface area contributed by atoms with E-state index in [1.54, 1.807) is 17.5 Å². The van der Waals surface area contributed by atoms with Crippen LogP contribution in [0, 0.1) is 5.92 Å². The van der Waals surface area contributed by atoms with E-state index in [1.165, 1.54) is 0 Å². The number of sulfonamides is 1. The molecule has 2 N–H and O–H groups in total. The smallest absolute Gasteiger partial charge is 0.211 e. The summed E-state index contributed by atoms with van der Waals surface area (Å²) in [4.78, 5) is 4.21. The minimum absolute atomic E-state index is 0.128. The maximum Gasteiger partial charge on any atom is 0.211 e. The minimum atomic E-state index is -3.17. The van der Waals surface area contributed by atoms with E-state index in [4.69, 9.17) is 0 Å². The van der Waals surface area contributed by atoms with Crippen molar-refractivity contribution in [3.05, 3.63) is 16.6 Å². The molecule has 7 heteroatoms. The van der Waals surface area contributed by atoms with Crippen molar-refractivity contribution in [3.63, 3.8) is 0 Å². The summed E-state index contributed by atoms with van der Waals surface area (Å²) in [5.41, 5.74) is 0. The third kappa shape index (κ3) is 4.83. The molecule has 0 amide bonds. The maximum absolute atomic E-state index is 12.0. The van der Waals surface area contributed by atoms with Crippen molar-refractivity contribution in [3.8, 4) is 0 Å². The van der Waals surface area contributed by atoms with E-state index in [0.29, 0.717) is 6.54 Å². The van der Waals surface area contributed by atoms with Gasteiger partial charge in [0.15, 0.2) is 0 Å². The molecule has 1 aliphatic heterocycles. The lowest BCUT2D eigenvalue weighted by atomic mass is 10.0. The van der Waals surface area contributed by atoms with Crippen molar-refractivity contribution in [1.82, 2.24) is 15.0 Å². The van der Waals surface area contributed by atoms with Gasteiger partial charge in [0.2, 0.25) is 10.0 Å². The highest BCUT2D eigenvalue weighted by Crippen LogP contribution is 2.17. The van der Waals surface area contributed by atoms with E-state index in [0.717, 1.165) is 30.9 Å². The van der Waals surface area contributed by atoms with Crippen LogP contribution in [0.4, 0.5) is 0 Å². The Labute approximate surface area is 118 Å². The average Bonchev–Trinajstić information content (AvgIpc) is 2.91. The Hall–Kier alpha value is -0.500. The van der Waals surface area contributed by atoms with Gasteiger partial charge in [-0.05, 0) is 31.8 Å². The van der Waals surface area contributed by atoms with Gasteiger partial charge in [0.25, 0.3) is 0 Å². The SMILES string of the molecule is CC(CNS(=O)(=O)CC1CCNCC1)c1nccs1. The fraction of sp³-hybridized carbons (Fsp3) is 0.750. The fourth-order valence-corrected chi connectivity index (χ4v) is 4.51. The molecule has 0 spiro atoms. The Morgan fingerprint density at radius 3 is 2.89 bits per heavy atom. The number of nitrogens with one attached hydrogen (secondary N) is 2. The zero-order chi connectivity index (χ0) is 13.7. The molecule has 5 nitrogen and oxygen atoms in total. The van der Waals surface area contributed by atoms with Gasteiger partial charge in [0, 0.05) is 24.0 Å². The topological polar surface area (TPSA) is 71.1 Å². The van der Waals surface area contributed by atoms with Gasteiger partial charge in [-0.25, -0.2) is 18.1 Å². The summed E-state index contributed by atoms with van der Waals surface area (Å²) in [6.07, 6.45) is 3.64. The van der Waals surface area contributed by atoms with Crippen LogP contribution >= 0.6 is 11.3 Å². The first-order chi connectivity index (χ1) is 9.07. The molecule has 0 aliphatic carbocycles. The molecule has 0 aromatic carbocycles. The Morgan fingerprint density at radius 1 is 1.53 bits per heavy atom. The summed E-state index contributed by atoms with van der Waals surface area (Å²) in [5.74, 6) is 0.663. The van der Waals surface area contributed by atoms with Crippen molar-refractivity contribution in [2.75, 3.05) is 25.4 Å². The molecule has 2 heterocycles. The van der Waals surface area contributed by atoms with Crippen LogP contribution in [-0.4, -0.2) is 38.8 Å². The normalized spacial score (nSPS) is 19.4. The molecule has 2 rings (SSSR count). The predicted molar refractivity (Wildman–Crippen MR) is 77.9 cm³/mol. The number of piperidine rings is 1. The second-order valence-corrected chi connectivity index (χ2v) is 7.87. The molecule has 0 radical (unpaired) electrons. The fourth-order valence-electron chi connectivity index (χ4n) is 2.23. The lowest BCUT2D eigenvalue weighted by Gasteiger charge is -2.22. The summed E-state index contributed by atoms with van der Waals surface area (Å²) in [6.45, 7) is 4.28. The molecular formula is C12H21N3O2S2. The average molecular weight is 303 g/mol. The van der Waals surface area contributed by atoms with Crippen LogP contribution in [0.1, 0.15) is 30.7 Å². The van der Waals surface area contributed by atoms with Gasteiger partial charge in [-0.15, -0.1) is 11.3 Å². The summed E-state index contributed by atoms with van der Waals surface area (Å²) in [5, 5.41) is 6.14. The maximum atomic E-state index is 12.0. The second-order valence-electron chi connectivity index (χ2n) is 5.09. The van der Waals surface area contributed by atoms with E-state index in [1.807, 2.05) is 12.3 Å². The Morgan fingerprint density at radius 2 is 2.26 bits per heavy atom. The van der Waals surface area contributed by atoms with Gasteiger partial charge >= 0.3 is 0 Å². The molecule has 1 unspecified atom stereocenters. The third-order valence-corrected chi connectivity index (χ3v) is 5.92. The number of rotatable bonds is 6. The monoisotopic (exact) mass is 303 g/mol. The summed E-state index contributed by atoms with van der Waals surface area (Å²) in [6, 6.07) is 0. The molecule has 1 aromatic heterocycles. The number of aromatic nitrogens is 1. The van der Waals surface area contributed by atoms with Crippen LogP contribution < -0.4 is 10.0 Å². The largest absolute Gasteiger partial charge is 0.317 e. The first kappa shape index (κ1) is 14.9. The first-order valence-corrected chi connectivity index (χ1v) is 9.17. The van der Waals surface area contributed by atoms with Crippen LogP contribution in [0.5, 0.6) is 0 Å². The van der Waals surface area contributed by atoms with Gasteiger partial charge in [0.05, 0.1) is 10.8 Å². The molecule has 1 aromatic rings. The van der Waals surface area contributed by atoms with Crippen molar-refractivity contribution in [1.29, 1.82) is 0 Å². The number of nitrogens with zero attached hydrogens (tertiary/aromatic N) is 1. The molecule has 0 saturated carbocycles. The molecular weight excluding hydrogens is 282 g/mol. The lowest BCUT2D eigenvalue weighted by molar-refractivity contribution is 0.400. The van der Waals surface area contributed by atoms with Crippen LogP contribution in [0.15, 0.2) is 11.6 Å². The third-order valence-electron chi connectivity index (χ3n) is 3.40. The number of hydrogen-bond donors (Lipinski definition) is 2. The van der Waals surface area contributed by atoms with Gasteiger partial charge in [-0.2, -0.15) is 0 Å². The highest BCUT2D eigenvalue weighted by atomic mass is 32.2. The predicted octanol–water partition coefficient (Wildman–Crippen LogP) is 1.17. The van der Waals surface area contributed by atoms with E-state index in [-0.39, 0.29) is 17.6 Å². The molecule has 1 atom stereocenters. The highest BCUT2D eigenvalue weighted by molar-refractivity contribution is 7.89. The van der Waals surface area contributed by atoms with Crippen molar-refractivity contribution in [2.45, 2.75) is 25.7 Å². The van der Waals surface area contributed by atoms with E-state index >= 15 is 0 Å². The highest BCUT2D eigenvalue weighted by Gasteiger charge is 2.21. The van der Waals surface area contributed by atoms with Crippen LogP contribution in [0.25, 0.3) is 0 Å². The Kier molecular flexibility index (Phi) is 5.32. The molecule has 19 heavy (non-hydrogen) atoms. The summed E-state index contributed by atoms with van der Waals surface area (Å²) < 4.78 is 26.8. The minimum Gasteiger partial charge on any atom is -0.317 e. The van der Waals surface area contributed by atoms with Crippen molar-refractivity contribution in [2.24, 2.45) is 5.92 Å². The van der Waals surface area contributed by atoms with Crippen LogP contribution in [-0.2, 0) is 10.0 Å². The van der Waals surface area contributed by atoms with E-state index < -0.39 is 10.0 Å².